The maximum absolute atomic E-state index is 6.28. The topological polar surface area (TPSA) is 35.2 Å². The standard InChI is InChI=1S/C16H25NO/c1-3-14-6-4-5-7-15(14)18-16-10-13(11-17)9-8-12(16)2/h8-10,14-15H,3-7,11,17H2,1-2H3. The predicted octanol–water partition coefficient (Wildman–Crippen LogP) is 3.80. The predicted molar refractivity (Wildman–Crippen MR) is 75.7 cm³/mol. The third kappa shape index (κ3) is 3.05. The molecule has 0 saturated heterocycles. The molecule has 2 N–H and O–H groups in total. The summed E-state index contributed by atoms with van der Waals surface area (Å²) in [6.07, 6.45) is 6.80. The van der Waals surface area contributed by atoms with Gasteiger partial charge in [0.1, 0.15) is 11.9 Å². The molecule has 1 saturated carbocycles. The molecule has 1 aromatic rings. The van der Waals surface area contributed by atoms with E-state index in [-0.39, 0.29) is 0 Å². The van der Waals surface area contributed by atoms with Crippen LogP contribution in [0.2, 0.25) is 0 Å². The number of hydrogen-bond donors (Lipinski definition) is 1. The Morgan fingerprint density at radius 2 is 2.06 bits per heavy atom. The lowest BCUT2D eigenvalue weighted by Crippen LogP contribution is -2.30. The Hall–Kier alpha value is -1.02. The van der Waals surface area contributed by atoms with Crippen molar-refractivity contribution >= 4 is 0 Å². The first kappa shape index (κ1) is 13.4. The molecule has 0 amide bonds. The Kier molecular flexibility index (Phi) is 4.65. The van der Waals surface area contributed by atoms with Gasteiger partial charge in [-0.05, 0) is 55.7 Å². The Bertz CT molecular complexity index is 389. The Balaban J connectivity index is 2.11. The van der Waals surface area contributed by atoms with Gasteiger partial charge in [0, 0.05) is 6.54 Å². The van der Waals surface area contributed by atoms with Gasteiger partial charge >= 0.3 is 0 Å². The van der Waals surface area contributed by atoms with Gasteiger partial charge in [-0.15, -0.1) is 0 Å². The zero-order valence-corrected chi connectivity index (χ0v) is 11.6. The number of nitrogens with two attached hydrogens (primary N) is 1. The largest absolute Gasteiger partial charge is 0.490 e. The number of rotatable bonds is 4. The molecule has 1 aliphatic carbocycles. The van der Waals surface area contributed by atoms with Crippen molar-refractivity contribution in [3.8, 4) is 5.75 Å². The Morgan fingerprint density at radius 1 is 1.28 bits per heavy atom. The van der Waals surface area contributed by atoms with Crippen LogP contribution in [0.25, 0.3) is 0 Å². The summed E-state index contributed by atoms with van der Waals surface area (Å²) < 4.78 is 6.28. The van der Waals surface area contributed by atoms with Gasteiger partial charge < -0.3 is 10.5 Å². The molecular formula is C16H25NO. The van der Waals surface area contributed by atoms with Crippen molar-refractivity contribution in [3.05, 3.63) is 29.3 Å². The van der Waals surface area contributed by atoms with Gasteiger partial charge in [0.05, 0.1) is 0 Å². The minimum atomic E-state index is 0.399. The second-order valence-electron chi connectivity index (χ2n) is 5.41. The van der Waals surface area contributed by atoms with Crippen molar-refractivity contribution in [2.45, 2.75) is 58.6 Å². The minimum Gasteiger partial charge on any atom is -0.490 e. The van der Waals surface area contributed by atoms with E-state index < -0.39 is 0 Å². The average molecular weight is 247 g/mol. The maximum atomic E-state index is 6.28. The van der Waals surface area contributed by atoms with Crippen molar-refractivity contribution < 1.29 is 4.74 Å². The molecule has 1 aromatic carbocycles. The zero-order chi connectivity index (χ0) is 13.0. The van der Waals surface area contributed by atoms with Crippen LogP contribution in [0, 0.1) is 12.8 Å². The lowest BCUT2D eigenvalue weighted by Gasteiger charge is -2.31. The molecule has 18 heavy (non-hydrogen) atoms. The fourth-order valence-corrected chi connectivity index (χ4v) is 2.86. The number of ether oxygens (including phenoxy) is 1. The molecule has 2 heteroatoms. The van der Waals surface area contributed by atoms with Gasteiger partial charge in [0.25, 0.3) is 0 Å². The van der Waals surface area contributed by atoms with E-state index in [1.165, 1.54) is 37.7 Å². The molecule has 2 nitrogen and oxygen atoms in total. The molecule has 1 fully saturated rings. The fourth-order valence-electron chi connectivity index (χ4n) is 2.86. The van der Waals surface area contributed by atoms with Gasteiger partial charge in [-0.3, -0.25) is 0 Å². The van der Waals surface area contributed by atoms with E-state index in [0.717, 1.165) is 17.2 Å². The molecule has 0 radical (unpaired) electrons. The SMILES string of the molecule is CCC1CCCCC1Oc1cc(CN)ccc1C. The summed E-state index contributed by atoms with van der Waals surface area (Å²) in [4.78, 5) is 0. The summed E-state index contributed by atoms with van der Waals surface area (Å²) in [6, 6.07) is 6.30. The Morgan fingerprint density at radius 3 is 2.78 bits per heavy atom. The molecule has 0 bridgehead atoms. The second kappa shape index (κ2) is 6.24. The molecule has 2 atom stereocenters. The third-order valence-electron chi connectivity index (χ3n) is 4.13. The van der Waals surface area contributed by atoms with E-state index in [4.69, 9.17) is 10.5 Å². The highest BCUT2D eigenvalue weighted by Gasteiger charge is 2.25. The summed E-state index contributed by atoms with van der Waals surface area (Å²) in [5, 5.41) is 0. The van der Waals surface area contributed by atoms with Crippen LogP contribution < -0.4 is 10.5 Å². The van der Waals surface area contributed by atoms with E-state index >= 15 is 0 Å². The van der Waals surface area contributed by atoms with E-state index in [1.807, 2.05) is 0 Å². The summed E-state index contributed by atoms with van der Waals surface area (Å²) in [5.74, 6) is 1.75. The van der Waals surface area contributed by atoms with Gasteiger partial charge in [0.15, 0.2) is 0 Å². The quantitative estimate of drug-likeness (QED) is 0.878. The van der Waals surface area contributed by atoms with Crippen LogP contribution in [0.4, 0.5) is 0 Å². The molecule has 100 valence electrons. The Labute approximate surface area is 111 Å². The molecule has 2 unspecified atom stereocenters. The highest BCUT2D eigenvalue weighted by atomic mass is 16.5. The van der Waals surface area contributed by atoms with Crippen LogP contribution in [-0.4, -0.2) is 6.10 Å². The molecule has 2 rings (SSSR count). The van der Waals surface area contributed by atoms with Gasteiger partial charge in [0.2, 0.25) is 0 Å². The third-order valence-corrected chi connectivity index (χ3v) is 4.13. The van der Waals surface area contributed by atoms with Crippen LogP contribution >= 0.6 is 0 Å². The summed E-state index contributed by atoms with van der Waals surface area (Å²) >= 11 is 0. The summed E-state index contributed by atoms with van der Waals surface area (Å²) in [5.41, 5.74) is 8.07. The van der Waals surface area contributed by atoms with Crippen molar-refractivity contribution in [1.82, 2.24) is 0 Å². The smallest absolute Gasteiger partial charge is 0.122 e. The summed E-state index contributed by atoms with van der Waals surface area (Å²) in [7, 11) is 0. The van der Waals surface area contributed by atoms with Crippen LogP contribution in [-0.2, 0) is 6.54 Å². The lowest BCUT2D eigenvalue weighted by atomic mass is 9.84. The zero-order valence-electron chi connectivity index (χ0n) is 11.6. The molecule has 0 aliphatic heterocycles. The first-order chi connectivity index (χ1) is 8.74. The molecule has 0 spiro atoms. The van der Waals surface area contributed by atoms with Gasteiger partial charge in [-0.2, -0.15) is 0 Å². The fraction of sp³-hybridized carbons (Fsp3) is 0.625. The first-order valence-corrected chi connectivity index (χ1v) is 7.20. The maximum Gasteiger partial charge on any atom is 0.122 e. The molecule has 0 aromatic heterocycles. The average Bonchev–Trinajstić information content (AvgIpc) is 2.42. The van der Waals surface area contributed by atoms with Crippen molar-refractivity contribution in [1.29, 1.82) is 0 Å². The van der Waals surface area contributed by atoms with E-state index in [2.05, 4.69) is 32.0 Å². The van der Waals surface area contributed by atoms with Crippen molar-refractivity contribution in [2.24, 2.45) is 11.7 Å². The van der Waals surface area contributed by atoms with E-state index in [1.54, 1.807) is 0 Å². The summed E-state index contributed by atoms with van der Waals surface area (Å²) in [6.45, 7) is 4.97. The van der Waals surface area contributed by atoms with Crippen LogP contribution in [0.1, 0.15) is 50.2 Å². The number of benzene rings is 1. The van der Waals surface area contributed by atoms with E-state index in [9.17, 15) is 0 Å². The highest BCUT2D eigenvalue weighted by Crippen LogP contribution is 2.31. The monoisotopic (exact) mass is 247 g/mol. The van der Waals surface area contributed by atoms with Crippen LogP contribution in [0.5, 0.6) is 5.75 Å². The number of aryl methyl sites for hydroxylation is 1. The normalized spacial score (nSPS) is 23.9. The van der Waals surface area contributed by atoms with Crippen molar-refractivity contribution in [3.63, 3.8) is 0 Å². The second-order valence-corrected chi connectivity index (χ2v) is 5.41. The first-order valence-electron chi connectivity index (χ1n) is 7.20. The molecular weight excluding hydrogens is 222 g/mol. The number of hydrogen-bond acceptors (Lipinski definition) is 2. The lowest BCUT2D eigenvalue weighted by molar-refractivity contribution is 0.0896. The highest BCUT2D eigenvalue weighted by molar-refractivity contribution is 5.36. The van der Waals surface area contributed by atoms with Gasteiger partial charge in [-0.1, -0.05) is 25.5 Å². The molecule has 0 heterocycles. The van der Waals surface area contributed by atoms with Crippen LogP contribution in [0.15, 0.2) is 18.2 Å². The minimum absolute atomic E-state index is 0.399. The van der Waals surface area contributed by atoms with Crippen molar-refractivity contribution in [2.75, 3.05) is 0 Å². The van der Waals surface area contributed by atoms with Gasteiger partial charge in [-0.25, -0.2) is 0 Å². The van der Waals surface area contributed by atoms with E-state index in [0.29, 0.717) is 12.6 Å². The van der Waals surface area contributed by atoms with Crippen LogP contribution in [0.3, 0.4) is 0 Å². The molecule has 1 aliphatic rings.